The third-order valence-electron chi connectivity index (χ3n) is 2.62. The Bertz CT molecular complexity index is 533. The molecule has 0 saturated heterocycles. The van der Waals surface area contributed by atoms with Crippen molar-refractivity contribution in [3.8, 4) is 0 Å². The summed E-state index contributed by atoms with van der Waals surface area (Å²) < 4.78 is 1.92. The number of benzene rings is 1. The zero-order valence-corrected chi connectivity index (χ0v) is 8.92. The van der Waals surface area contributed by atoms with Crippen LogP contribution in [0.2, 0.25) is 0 Å². The molecule has 5 heteroatoms. The number of rotatable bonds is 2. The second-order valence-electron chi connectivity index (χ2n) is 3.65. The molecule has 0 saturated carbocycles. The fourth-order valence-corrected chi connectivity index (χ4v) is 1.73. The maximum Gasteiger partial charge on any atom is 0.338 e. The molecule has 5 nitrogen and oxygen atoms in total. The monoisotopic (exact) mass is 219 g/mol. The summed E-state index contributed by atoms with van der Waals surface area (Å²) in [7, 11) is 1.88. The van der Waals surface area contributed by atoms with Crippen molar-refractivity contribution in [3.05, 3.63) is 36.0 Å². The van der Waals surface area contributed by atoms with E-state index in [2.05, 4.69) is 0 Å². The number of aryl methyl sites for hydroxylation is 1. The van der Waals surface area contributed by atoms with Gasteiger partial charge in [0.15, 0.2) is 0 Å². The van der Waals surface area contributed by atoms with Crippen molar-refractivity contribution in [1.29, 1.82) is 0 Å². The molecule has 16 heavy (non-hydrogen) atoms. The molecular formula is C11H13N3O2. The van der Waals surface area contributed by atoms with Gasteiger partial charge in [-0.25, -0.2) is 9.86 Å². The van der Waals surface area contributed by atoms with E-state index >= 15 is 0 Å². The highest BCUT2D eigenvalue weighted by Gasteiger charge is 2.11. The lowest BCUT2D eigenvalue weighted by atomic mass is 10.2. The van der Waals surface area contributed by atoms with Gasteiger partial charge in [-0.05, 0) is 17.5 Å². The lowest BCUT2D eigenvalue weighted by Crippen LogP contribution is -2.32. The summed E-state index contributed by atoms with van der Waals surface area (Å²) in [5.41, 5.74) is 6.83. The van der Waals surface area contributed by atoms with Gasteiger partial charge in [-0.15, -0.1) is 0 Å². The van der Waals surface area contributed by atoms with Crippen molar-refractivity contribution in [2.45, 2.75) is 6.54 Å². The number of hydrogen-bond acceptors (Lipinski definition) is 2. The van der Waals surface area contributed by atoms with E-state index in [-0.39, 0.29) is 6.54 Å². The molecule has 0 spiro atoms. The molecule has 2 aromatic rings. The number of amides is 2. The van der Waals surface area contributed by atoms with E-state index in [4.69, 9.17) is 5.73 Å². The fourth-order valence-electron chi connectivity index (χ4n) is 1.73. The third kappa shape index (κ3) is 1.72. The molecule has 0 atom stereocenters. The third-order valence-corrected chi connectivity index (χ3v) is 2.62. The summed E-state index contributed by atoms with van der Waals surface area (Å²) in [6, 6.07) is 8.90. The number of aromatic nitrogens is 1. The molecule has 3 N–H and O–H groups in total. The fraction of sp³-hybridized carbons (Fsp3) is 0.182. The van der Waals surface area contributed by atoms with Crippen LogP contribution in [0.15, 0.2) is 30.3 Å². The van der Waals surface area contributed by atoms with Gasteiger partial charge in [0.2, 0.25) is 0 Å². The van der Waals surface area contributed by atoms with Crippen molar-refractivity contribution in [3.63, 3.8) is 0 Å². The van der Waals surface area contributed by atoms with Gasteiger partial charge in [-0.2, -0.15) is 0 Å². The molecule has 1 aromatic heterocycles. The van der Waals surface area contributed by atoms with Crippen molar-refractivity contribution in [2.24, 2.45) is 12.8 Å². The second-order valence-corrected chi connectivity index (χ2v) is 3.65. The van der Waals surface area contributed by atoms with Crippen LogP contribution in [-0.2, 0) is 13.6 Å². The minimum absolute atomic E-state index is 0.0838. The van der Waals surface area contributed by atoms with E-state index < -0.39 is 6.03 Å². The standard InChI is InChI=1S/C11H13N3O2/c1-13-9(7-14(16)11(12)15)6-8-4-2-3-5-10(8)13/h2-6,16H,7H2,1H3,(H2,12,15). The zero-order valence-electron chi connectivity index (χ0n) is 8.92. The van der Waals surface area contributed by atoms with Crippen LogP contribution in [0, 0.1) is 0 Å². The molecule has 2 rings (SSSR count). The maximum absolute atomic E-state index is 10.7. The minimum Gasteiger partial charge on any atom is -0.350 e. The predicted molar refractivity (Wildman–Crippen MR) is 59.8 cm³/mol. The first kappa shape index (κ1) is 10.5. The Kier molecular flexibility index (Phi) is 2.54. The first-order valence-electron chi connectivity index (χ1n) is 4.89. The molecule has 0 aliphatic rings. The van der Waals surface area contributed by atoms with Crippen molar-refractivity contribution >= 4 is 16.9 Å². The summed E-state index contributed by atoms with van der Waals surface area (Å²) in [5, 5.41) is 10.8. The number of hydroxylamine groups is 2. The molecule has 0 radical (unpaired) electrons. The van der Waals surface area contributed by atoms with Crippen LogP contribution < -0.4 is 5.73 Å². The summed E-state index contributed by atoms with van der Waals surface area (Å²) in [4.78, 5) is 10.7. The van der Waals surface area contributed by atoms with Gasteiger partial charge >= 0.3 is 6.03 Å². The van der Waals surface area contributed by atoms with E-state index in [1.54, 1.807) is 0 Å². The largest absolute Gasteiger partial charge is 0.350 e. The zero-order chi connectivity index (χ0) is 11.7. The number of hydrogen-bond donors (Lipinski definition) is 2. The van der Waals surface area contributed by atoms with Crippen LogP contribution in [0.1, 0.15) is 5.69 Å². The molecule has 0 bridgehead atoms. The molecule has 1 heterocycles. The molecule has 2 amide bonds. The molecular weight excluding hydrogens is 206 g/mol. The van der Waals surface area contributed by atoms with Crippen LogP contribution in [0.5, 0.6) is 0 Å². The predicted octanol–water partition coefficient (Wildman–Crippen LogP) is 1.45. The number of para-hydroxylation sites is 1. The van der Waals surface area contributed by atoms with Gasteiger partial charge in [-0.3, -0.25) is 5.21 Å². The van der Waals surface area contributed by atoms with Gasteiger partial charge in [0.25, 0.3) is 0 Å². The lowest BCUT2D eigenvalue weighted by molar-refractivity contribution is -0.0483. The molecule has 84 valence electrons. The van der Waals surface area contributed by atoms with E-state index in [1.165, 1.54) is 0 Å². The molecule has 0 aliphatic carbocycles. The number of primary amides is 1. The first-order valence-corrected chi connectivity index (χ1v) is 4.89. The Hall–Kier alpha value is -2.01. The van der Waals surface area contributed by atoms with Crippen LogP contribution in [-0.4, -0.2) is 20.9 Å². The Labute approximate surface area is 92.6 Å². The smallest absolute Gasteiger partial charge is 0.338 e. The summed E-state index contributed by atoms with van der Waals surface area (Å²) in [6.07, 6.45) is 0. The number of carbonyl (C=O) groups is 1. The summed E-state index contributed by atoms with van der Waals surface area (Å²) >= 11 is 0. The van der Waals surface area contributed by atoms with Gasteiger partial charge in [0, 0.05) is 18.3 Å². The Morgan fingerprint density at radius 3 is 2.81 bits per heavy atom. The van der Waals surface area contributed by atoms with E-state index in [0.717, 1.165) is 16.6 Å². The average Bonchev–Trinajstić information content (AvgIpc) is 2.56. The molecule has 1 aromatic carbocycles. The summed E-state index contributed by atoms with van der Waals surface area (Å²) in [6.45, 7) is 0.0838. The first-order chi connectivity index (χ1) is 7.59. The van der Waals surface area contributed by atoms with Crippen molar-refractivity contribution in [1.82, 2.24) is 9.63 Å². The topological polar surface area (TPSA) is 71.5 Å². The van der Waals surface area contributed by atoms with Crippen molar-refractivity contribution < 1.29 is 10.0 Å². The van der Waals surface area contributed by atoms with E-state index in [9.17, 15) is 10.0 Å². The SMILES string of the molecule is Cn1c(CN(O)C(N)=O)cc2ccccc21. The Morgan fingerprint density at radius 2 is 2.19 bits per heavy atom. The molecule has 0 fully saturated rings. The maximum atomic E-state index is 10.7. The molecule has 0 unspecified atom stereocenters. The van der Waals surface area contributed by atoms with Gasteiger partial charge in [-0.1, -0.05) is 18.2 Å². The lowest BCUT2D eigenvalue weighted by Gasteiger charge is -2.12. The second kappa shape index (κ2) is 3.86. The Balaban J connectivity index is 2.38. The van der Waals surface area contributed by atoms with Crippen LogP contribution in [0.4, 0.5) is 4.79 Å². The minimum atomic E-state index is -0.856. The highest BCUT2D eigenvalue weighted by molar-refractivity contribution is 5.81. The normalized spacial score (nSPS) is 10.6. The van der Waals surface area contributed by atoms with Gasteiger partial charge in [0.05, 0.1) is 6.54 Å². The quantitative estimate of drug-likeness (QED) is 0.592. The van der Waals surface area contributed by atoms with Crippen molar-refractivity contribution in [2.75, 3.05) is 0 Å². The summed E-state index contributed by atoms with van der Waals surface area (Å²) in [5.74, 6) is 0. The number of fused-ring (bicyclic) bond motifs is 1. The highest BCUT2D eigenvalue weighted by Crippen LogP contribution is 2.18. The number of carbonyl (C=O) groups excluding carboxylic acids is 1. The number of urea groups is 1. The highest BCUT2D eigenvalue weighted by atomic mass is 16.5. The van der Waals surface area contributed by atoms with E-state index in [1.807, 2.05) is 41.9 Å². The van der Waals surface area contributed by atoms with Crippen LogP contribution >= 0.6 is 0 Å². The number of nitrogens with zero attached hydrogens (tertiary/aromatic N) is 2. The van der Waals surface area contributed by atoms with Gasteiger partial charge in [0.1, 0.15) is 0 Å². The van der Waals surface area contributed by atoms with Gasteiger partial charge < -0.3 is 10.3 Å². The van der Waals surface area contributed by atoms with Crippen LogP contribution in [0.3, 0.4) is 0 Å². The average molecular weight is 219 g/mol. The number of nitrogens with two attached hydrogens (primary N) is 1. The van der Waals surface area contributed by atoms with E-state index in [0.29, 0.717) is 5.06 Å². The Morgan fingerprint density at radius 1 is 1.50 bits per heavy atom. The molecule has 0 aliphatic heterocycles. The van der Waals surface area contributed by atoms with Crippen LogP contribution in [0.25, 0.3) is 10.9 Å².